The summed E-state index contributed by atoms with van der Waals surface area (Å²) in [4.78, 5) is 23.7. The number of hydrogen-bond acceptors (Lipinski definition) is 9. The summed E-state index contributed by atoms with van der Waals surface area (Å²) in [5, 5.41) is 13.7. The molecule has 2 aromatic heterocycles. The van der Waals surface area contributed by atoms with Crippen LogP contribution in [0.2, 0.25) is 0 Å². The van der Waals surface area contributed by atoms with Crippen molar-refractivity contribution in [3.05, 3.63) is 60.3 Å². The number of benzene rings is 2. The molecule has 3 heterocycles. The molecular formula is C33H42FN7O4. The molecule has 5 rings (SSSR count). The Morgan fingerprint density at radius 3 is 2.67 bits per heavy atom. The lowest BCUT2D eigenvalue weighted by molar-refractivity contribution is -0.130. The zero-order chi connectivity index (χ0) is 32.0. The zero-order valence-electron chi connectivity index (χ0n) is 26.5. The summed E-state index contributed by atoms with van der Waals surface area (Å²) in [6.07, 6.45) is 4.81. The number of methoxy groups -OCH3 is 1. The number of nitrogens with zero attached hydrogens (tertiary/aromatic N) is 4. The van der Waals surface area contributed by atoms with Crippen molar-refractivity contribution in [1.29, 1.82) is 0 Å². The fourth-order valence-electron chi connectivity index (χ4n) is 5.54. The number of piperidine rings is 1. The summed E-state index contributed by atoms with van der Waals surface area (Å²) in [6, 6.07) is 11.2. The van der Waals surface area contributed by atoms with E-state index in [-0.39, 0.29) is 24.2 Å². The molecule has 11 nitrogen and oxygen atoms in total. The summed E-state index contributed by atoms with van der Waals surface area (Å²) >= 11 is 0. The quantitative estimate of drug-likeness (QED) is 0.173. The van der Waals surface area contributed by atoms with Crippen LogP contribution in [-0.2, 0) is 16.0 Å². The van der Waals surface area contributed by atoms with E-state index in [1.54, 1.807) is 19.2 Å². The third-order valence-corrected chi connectivity index (χ3v) is 7.73. The molecule has 0 aliphatic carbocycles. The van der Waals surface area contributed by atoms with Gasteiger partial charge in [-0.2, -0.15) is 5.10 Å². The van der Waals surface area contributed by atoms with Crippen LogP contribution in [-0.4, -0.2) is 69.6 Å². The number of hydrogen-bond donors (Lipinski definition) is 3. The molecule has 1 aliphatic rings. The molecule has 3 N–H and O–H groups in total. The molecule has 1 fully saturated rings. The van der Waals surface area contributed by atoms with Crippen molar-refractivity contribution in [2.45, 2.75) is 65.2 Å². The number of nitrogens with one attached hydrogen (secondary N) is 3. The van der Waals surface area contributed by atoms with E-state index in [9.17, 15) is 9.18 Å². The number of halogens is 1. The number of fused-ring (bicyclic) bond motifs is 1. The average Bonchev–Trinajstić information content (AvgIpc) is 3.42. The van der Waals surface area contributed by atoms with Crippen LogP contribution >= 0.6 is 0 Å². The fourth-order valence-corrected chi connectivity index (χ4v) is 5.54. The van der Waals surface area contributed by atoms with Crippen LogP contribution in [0.15, 0.2) is 48.8 Å². The van der Waals surface area contributed by atoms with Crippen molar-refractivity contribution >= 4 is 34.1 Å². The first-order valence-electron chi connectivity index (χ1n) is 15.3. The number of amides is 1. The minimum Gasteiger partial charge on any atom is -0.493 e. The van der Waals surface area contributed by atoms with Gasteiger partial charge in [0.1, 0.15) is 24.2 Å². The van der Waals surface area contributed by atoms with Crippen molar-refractivity contribution in [2.75, 3.05) is 37.4 Å². The number of carbonyl (C=O) groups excluding carboxylic acids is 1. The maximum Gasteiger partial charge on any atom is 0.230 e. The minimum absolute atomic E-state index is 0.0358. The van der Waals surface area contributed by atoms with Gasteiger partial charge >= 0.3 is 0 Å². The summed E-state index contributed by atoms with van der Waals surface area (Å²) in [5.74, 6) is 2.10. The largest absolute Gasteiger partial charge is 0.493 e. The Morgan fingerprint density at radius 1 is 1.13 bits per heavy atom. The normalized spacial score (nSPS) is 15.2. The molecule has 240 valence electrons. The van der Waals surface area contributed by atoms with Gasteiger partial charge in [0.05, 0.1) is 31.3 Å². The summed E-state index contributed by atoms with van der Waals surface area (Å²) in [6.45, 7) is 11.0. The van der Waals surface area contributed by atoms with Crippen LogP contribution in [0.1, 0.15) is 52.7 Å². The summed E-state index contributed by atoms with van der Waals surface area (Å²) in [7, 11) is 1.61. The molecule has 1 unspecified atom stereocenters. The maximum absolute atomic E-state index is 13.4. The second-order valence-corrected chi connectivity index (χ2v) is 12.3. The number of likely N-dealkylation sites (tertiary alicyclic amines) is 1. The molecule has 0 spiro atoms. The Kier molecular flexibility index (Phi) is 10.1. The molecule has 2 aromatic carbocycles. The smallest absolute Gasteiger partial charge is 0.230 e. The molecule has 0 saturated carbocycles. The van der Waals surface area contributed by atoms with Gasteiger partial charge in [-0.1, -0.05) is 6.07 Å². The van der Waals surface area contributed by atoms with Crippen molar-refractivity contribution in [3.63, 3.8) is 0 Å². The van der Waals surface area contributed by atoms with Crippen LogP contribution in [0.4, 0.5) is 21.7 Å². The second kappa shape index (κ2) is 14.2. The molecular weight excluding hydrogens is 577 g/mol. The second-order valence-electron chi connectivity index (χ2n) is 12.3. The predicted molar refractivity (Wildman–Crippen MR) is 171 cm³/mol. The number of anilines is 3. The lowest BCUT2D eigenvalue weighted by Gasteiger charge is -2.38. The number of aromatic nitrogens is 4. The van der Waals surface area contributed by atoms with Gasteiger partial charge in [0.2, 0.25) is 5.91 Å². The molecule has 1 aliphatic heterocycles. The Bertz CT molecular complexity index is 1600. The van der Waals surface area contributed by atoms with Crippen molar-refractivity contribution in [3.8, 4) is 11.5 Å². The van der Waals surface area contributed by atoms with Gasteiger partial charge < -0.3 is 24.8 Å². The van der Waals surface area contributed by atoms with Gasteiger partial charge in [-0.3, -0.25) is 14.8 Å². The SMILES string of the molecule is COc1cc2c(Nc3cc(CC(=O)Nc4cccc(F)c4)[nH]n3)ncnc2cc1OCCC1CCN(C(C)OC(C)(C)C)CC1. The molecule has 1 amide bonds. The monoisotopic (exact) mass is 619 g/mol. The highest BCUT2D eigenvalue weighted by Crippen LogP contribution is 2.35. The lowest BCUT2D eigenvalue weighted by atomic mass is 9.94. The van der Waals surface area contributed by atoms with Crippen molar-refractivity contribution in [1.82, 2.24) is 25.1 Å². The third kappa shape index (κ3) is 8.89. The molecule has 45 heavy (non-hydrogen) atoms. The van der Waals surface area contributed by atoms with Crippen molar-refractivity contribution < 1.29 is 23.4 Å². The number of rotatable bonds is 12. The number of aromatic amines is 1. The van der Waals surface area contributed by atoms with E-state index < -0.39 is 5.82 Å². The van der Waals surface area contributed by atoms with Crippen LogP contribution < -0.4 is 20.1 Å². The minimum atomic E-state index is -0.419. The van der Waals surface area contributed by atoms with Crippen LogP contribution in [0.25, 0.3) is 10.9 Å². The predicted octanol–water partition coefficient (Wildman–Crippen LogP) is 6.07. The fraction of sp³-hybridized carbons (Fsp3) is 0.455. The highest BCUT2D eigenvalue weighted by molar-refractivity contribution is 5.93. The van der Waals surface area contributed by atoms with Crippen LogP contribution in [0, 0.1) is 11.7 Å². The third-order valence-electron chi connectivity index (χ3n) is 7.73. The first kappa shape index (κ1) is 32.1. The van der Waals surface area contributed by atoms with Gasteiger partial charge in [0, 0.05) is 42.0 Å². The lowest BCUT2D eigenvalue weighted by Crippen LogP contribution is -2.44. The number of carbonyl (C=O) groups is 1. The maximum atomic E-state index is 13.4. The van der Waals surface area contributed by atoms with Gasteiger partial charge in [0.15, 0.2) is 17.3 Å². The Balaban J connectivity index is 1.16. The number of H-pyrrole nitrogens is 1. The molecule has 0 radical (unpaired) electrons. The highest BCUT2D eigenvalue weighted by Gasteiger charge is 2.26. The first-order chi connectivity index (χ1) is 21.6. The molecule has 1 saturated heterocycles. The molecule has 12 heteroatoms. The van der Waals surface area contributed by atoms with Gasteiger partial charge in [0.25, 0.3) is 0 Å². The Morgan fingerprint density at radius 2 is 1.93 bits per heavy atom. The van der Waals surface area contributed by atoms with E-state index in [1.807, 2.05) is 12.1 Å². The molecule has 4 aromatic rings. The average molecular weight is 620 g/mol. The standard InChI is InChI=1S/C33H42FN7O4/c1-21(45-33(2,3)4)41-12-9-22(10-13-41)11-14-44-29-19-27-26(18-28(29)43-5)32(36-20-35-27)38-30-16-25(39-40-30)17-31(42)37-24-8-6-7-23(34)15-24/h6-8,15-16,18-22H,9-14,17H2,1-5H3,(H,37,42)(H2,35,36,38,39,40). The van der Waals surface area contributed by atoms with Crippen LogP contribution in [0.5, 0.6) is 11.5 Å². The van der Waals surface area contributed by atoms with Gasteiger partial charge in [-0.15, -0.1) is 0 Å². The number of ether oxygens (including phenoxy) is 3. The summed E-state index contributed by atoms with van der Waals surface area (Å²) < 4.78 is 31.4. The van der Waals surface area contributed by atoms with E-state index in [0.717, 1.165) is 37.7 Å². The van der Waals surface area contributed by atoms with E-state index in [0.29, 0.717) is 52.6 Å². The first-order valence-corrected chi connectivity index (χ1v) is 15.3. The molecule has 0 bridgehead atoms. The van der Waals surface area contributed by atoms with Gasteiger partial charge in [-0.05, 0) is 77.1 Å². The van der Waals surface area contributed by atoms with E-state index in [1.165, 1.54) is 24.5 Å². The topological polar surface area (TPSA) is 127 Å². The van der Waals surface area contributed by atoms with E-state index in [4.69, 9.17) is 14.2 Å². The Hall–Kier alpha value is -4.29. The highest BCUT2D eigenvalue weighted by atomic mass is 19.1. The van der Waals surface area contributed by atoms with E-state index >= 15 is 0 Å². The van der Waals surface area contributed by atoms with Crippen molar-refractivity contribution in [2.24, 2.45) is 5.92 Å². The Labute approximate surface area is 262 Å². The van der Waals surface area contributed by atoms with Gasteiger partial charge in [-0.25, -0.2) is 14.4 Å². The van der Waals surface area contributed by atoms with Crippen LogP contribution in [0.3, 0.4) is 0 Å². The molecule has 1 atom stereocenters. The van der Waals surface area contributed by atoms with E-state index in [2.05, 4.69) is 63.4 Å². The summed E-state index contributed by atoms with van der Waals surface area (Å²) in [5.41, 5.74) is 1.51. The zero-order valence-corrected chi connectivity index (χ0v) is 26.5.